The van der Waals surface area contributed by atoms with Gasteiger partial charge in [0.05, 0.1) is 6.07 Å². The quantitative estimate of drug-likeness (QED) is 0.634. The van der Waals surface area contributed by atoms with E-state index in [-0.39, 0.29) is 11.9 Å². The van der Waals surface area contributed by atoms with Gasteiger partial charge in [-0.2, -0.15) is 5.26 Å². The van der Waals surface area contributed by atoms with Crippen LogP contribution in [0.15, 0.2) is 0 Å². The highest BCUT2D eigenvalue weighted by atomic mass is 16.1. The van der Waals surface area contributed by atoms with E-state index in [0.29, 0.717) is 6.42 Å². The van der Waals surface area contributed by atoms with Gasteiger partial charge in [-0.3, -0.25) is 4.79 Å². The number of nitrogens with one attached hydrogen (secondary N) is 1. The van der Waals surface area contributed by atoms with Gasteiger partial charge >= 0.3 is 0 Å². The predicted molar refractivity (Wildman–Crippen MR) is 47.4 cm³/mol. The molecule has 1 N–H and O–H groups in total. The van der Waals surface area contributed by atoms with Crippen molar-refractivity contribution in [3.63, 3.8) is 0 Å². The lowest BCUT2D eigenvalue weighted by Gasteiger charge is -2.04. The summed E-state index contributed by atoms with van der Waals surface area (Å²) in [5.41, 5.74) is 0. The molecule has 0 aliphatic carbocycles. The summed E-state index contributed by atoms with van der Waals surface area (Å²) in [6.07, 6.45) is 3.65. The van der Waals surface area contributed by atoms with Gasteiger partial charge in [0.25, 0.3) is 0 Å². The van der Waals surface area contributed by atoms with Gasteiger partial charge < -0.3 is 5.32 Å². The summed E-state index contributed by atoms with van der Waals surface area (Å²) in [7, 11) is 0. The van der Waals surface area contributed by atoms with E-state index in [0.717, 1.165) is 19.3 Å². The van der Waals surface area contributed by atoms with Crippen molar-refractivity contribution in [1.82, 2.24) is 5.32 Å². The Balaban J connectivity index is 3.41. The number of carbonyl (C=O) groups excluding carboxylic acids is 1. The fourth-order valence-electron chi connectivity index (χ4n) is 0.881. The maximum absolute atomic E-state index is 11.0. The van der Waals surface area contributed by atoms with Gasteiger partial charge in [0.15, 0.2) is 0 Å². The van der Waals surface area contributed by atoms with Crippen LogP contribution in [0.2, 0.25) is 0 Å². The summed E-state index contributed by atoms with van der Waals surface area (Å²) in [6, 6.07) is 1.59. The molecule has 0 heterocycles. The van der Waals surface area contributed by atoms with Gasteiger partial charge in [0.1, 0.15) is 6.04 Å². The van der Waals surface area contributed by atoms with Crippen LogP contribution in [0.5, 0.6) is 0 Å². The zero-order chi connectivity index (χ0) is 9.40. The number of carbonyl (C=O) groups is 1. The minimum Gasteiger partial charge on any atom is -0.341 e. The topological polar surface area (TPSA) is 52.9 Å². The zero-order valence-corrected chi connectivity index (χ0v) is 7.76. The van der Waals surface area contributed by atoms with E-state index >= 15 is 0 Å². The van der Waals surface area contributed by atoms with Crippen LogP contribution >= 0.6 is 0 Å². The molecule has 0 saturated heterocycles. The number of hydrogen-bond acceptors (Lipinski definition) is 2. The Labute approximate surface area is 73.8 Å². The van der Waals surface area contributed by atoms with Crippen LogP contribution in [-0.4, -0.2) is 11.9 Å². The Bertz CT molecular complexity index is 172. The first-order chi connectivity index (χ1) is 5.70. The summed E-state index contributed by atoms with van der Waals surface area (Å²) < 4.78 is 0. The standard InChI is InChI=1S/C9H16N2O/c1-3-4-5-6-9(12)11-8(2)7-10/h8H,3-6H2,1-2H3,(H,11,12). The number of nitriles is 1. The smallest absolute Gasteiger partial charge is 0.221 e. The van der Waals surface area contributed by atoms with Gasteiger partial charge in [-0.1, -0.05) is 19.8 Å². The lowest BCUT2D eigenvalue weighted by Crippen LogP contribution is -2.30. The number of unbranched alkanes of at least 4 members (excludes halogenated alkanes) is 2. The number of nitrogens with zero attached hydrogens (tertiary/aromatic N) is 1. The SMILES string of the molecule is CCCCCC(=O)NC(C)C#N. The number of amides is 1. The van der Waals surface area contributed by atoms with Crippen LogP contribution in [0.25, 0.3) is 0 Å². The lowest BCUT2D eigenvalue weighted by atomic mass is 10.2. The third-order valence-electron chi connectivity index (χ3n) is 1.58. The molecule has 0 aromatic heterocycles. The Hall–Kier alpha value is -1.04. The molecule has 12 heavy (non-hydrogen) atoms. The molecule has 68 valence electrons. The van der Waals surface area contributed by atoms with E-state index < -0.39 is 0 Å². The molecule has 0 rings (SSSR count). The molecule has 0 saturated carbocycles. The molecular formula is C9H16N2O. The molecule has 0 spiro atoms. The molecule has 0 aromatic carbocycles. The molecule has 1 unspecified atom stereocenters. The first-order valence-electron chi connectivity index (χ1n) is 4.39. The Morgan fingerprint density at radius 3 is 2.75 bits per heavy atom. The monoisotopic (exact) mass is 168 g/mol. The first kappa shape index (κ1) is 11.0. The third kappa shape index (κ3) is 5.72. The Morgan fingerprint density at radius 1 is 1.58 bits per heavy atom. The van der Waals surface area contributed by atoms with E-state index in [1.54, 1.807) is 6.92 Å². The summed E-state index contributed by atoms with van der Waals surface area (Å²) >= 11 is 0. The van der Waals surface area contributed by atoms with Crippen LogP contribution in [-0.2, 0) is 4.79 Å². The van der Waals surface area contributed by atoms with Gasteiger partial charge in [0, 0.05) is 6.42 Å². The summed E-state index contributed by atoms with van der Waals surface area (Å²) in [5, 5.41) is 11.0. The number of rotatable bonds is 5. The van der Waals surface area contributed by atoms with Gasteiger partial charge in [0.2, 0.25) is 5.91 Å². The van der Waals surface area contributed by atoms with Crippen LogP contribution in [0, 0.1) is 11.3 Å². The van der Waals surface area contributed by atoms with E-state index in [1.165, 1.54) is 0 Å². The second-order valence-electron chi connectivity index (χ2n) is 2.88. The van der Waals surface area contributed by atoms with Crippen molar-refractivity contribution in [2.24, 2.45) is 0 Å². The fourth-order valence-corrected chi connectivity index (χ4v) is 0.881. The average Bonchev–Trinajstić information content (AvgIpc) is 2.05. The second-order valence-corrected chi connectivity index (χ2v) is 2.88. The molecule has 0 fully saturated rings. The van der Waals surface area contributed by atoms with Crippen molar-refractivity contribution in [2.75, 3.05) is 0 Å². The maximum Gasteiger partial charge on any atom is 0.221 e. The largest absolute Gasteiger partial charge is 0.341 e. The van der Waals surface area contributed by atoms with Crippen molar-refractivity contribution in [1.29, 1.82) is 5.26 Å². The molecule has 1 amide bonds. The highest BCUT2D eigenvalue weighted by molar-refractivity contribution is 5.76. The summed E-state index contributed by atoms with van der Waals surface area (Å²) in [4.78, 5) is 11.0. The molecule has 0 aromatic rings. The minimum absolute atomic E-state index is 0.0162. The van der Waals surface area contributed by atoms with Gasteiger partial charge in [-0.15, -0.1) is 0 Å². The van der Waals surface area contributed by atoms with Crippen molar-refractivity contribution in [2.45, 2.75) is 45.6 Å². The summed E-state index contributed by atoms with van der Waals surface area (Å²) in [6.45, 7) is 3.77. The number of hydrogen-bond donors (Lipinski definition) is 1. The van der Waals surface area contributed by atoms with Crippen LogP contribution in [0.3, 0.4) is 0 Å². The highest BCUT2D eigenvalue weighted by Gasteiger charge is 2.04. The van der Waals surface area contributed by atoms with Crippen molar-refractivity contribution < 1.29 is 4.79 Å². The van der Waals surface area contributed by atoms with Crippen molar-refractivity contribution in [3.05, 3.63) is 0 Å². The van der Waals surface area contributed by atoms with E-state index in [1.807, 2.05) is 6.07 Å². The van der Waals surface area contributed by atoms with Crippen LogP contribution in [0.4, 0.5) is 0 Å². The van der Waals surface area contributed by atoms with Crippen LogP contribution in [0.1, 0.15) is 39.5 Å². The zero-order valence-electron chi connectivity index (χ0n) is 7.76. The first-order valence-corrected chi connectivity index (χ1v) is 4.39. The van der Waals surface area contributed by atoms with E-state index in [4.69, 9.17) is 5.26 Å². The highest BCUT2D eigenvalue weighted by Crippen LogP contribution is 1.98. The third-order valence-corrected chi connectivity index (χ3v) is 1.58. The van der Waals surface area contributed by atoms with Gasteiger partial charge in [-0.05, 0) is 13.3 Å². The molecule has 0 aliphatic heterocycles. The predicted octanol–water partition coefficient (Wildman–Crippen LogP) is 1.59. The van der Waals surface area contributed by atoms with Crippen molar-refractivity contribution >= 4 is 5.91 Å². The lowest BCUT2D eigenvalue weighted by molar-refractivity contribution is -0.121. The molecule has 0 bridgehead atoms. The van der Waals surface area contributed by atoms with Crippen molar-refractivity contribution in [3.8, 4) is 6.07 Å². The molecular weight excluding hydrogens is 152 g/mol. The fraction of sp³-hybridized carbons (Fsp3) is 0.778. The van der Waals surface area contributed by atoms with E-state index in [2.05, 4.69) is 12.2 Å². The molecule has 0 aliphatic rings. The maximum atomic E-state index is 11.0. The Kier molecular flexibility index (Phi) is 6.08. The van der Waals surface area contributed by atoms with Crippen LogP contribution < -0.4 is 5.32 Å². The van der Waals surface area contributed by atoms with Gasteiger partial charge in [-0.25, -0.2) is 0 Å². The molecule has 3 heteroatoms. The minimum atomic E-state index is -0.362. The molecule has 1 atom stereocenters. The van der Waals surface area contributed by atoms with E-state index in [9.17, 15) is 4.79 Å². The second kappa shape index (κ2) is 6.66. The Morgan fingerprint density at radius 2 is 2.25 bits per heavy atom. The summed E-state index contributed by atoms with van der Waals surface area (Å²) in [5.74, 6) is -0.0162. The normalized spacial score (nSPS) is 11.8. The molecule has 0 radical (unpaired) electrons. The molecule has 3 nitrogen and oxygen atoms in total. The average molecular weight is 168 g/mol.